The van der Waals surface area contributed by atoms with Crippen molar-refractivity contribution >= 4 is 11.7 Å². The predicted octanol–water partition coefficient (Wildman–Crippen LogP) is 8.46. The molecule has 0 radical (unpaired) electrons. The van der Waals surface area contributed by atoms with E-state index in [9.17, 15) is 4.79 Å². The van der Waals surface area contributed by atoms with Gasteiger partial charge in [0.05, 0.1) is 12.1 Å². The van der Waals surface area contributed by atoms with E-state index in [4.69, 9.17) is 4.74 Å². The Labute approximate surface area is 224 Å². The molecule has 200 valence electrons. The highest BCUT2D eigenvalue weighted by molar-refractivity contribution is 5.89. The van der Waals surface area contributed by atoms with Gasteiger partial charge in [-0.05, 0) is 111 Å². The van der Waals surface area contributed by atoms with Crippen LogP contribution in [0.25, 0.3) is 0 Å². The lowest BCUT2D eigenvalue weighted by atomic mass is 9.47. The molecule has 0 spiro atoms. The van der Waals surface area contributed by atoms with E-state index in [1.54, 1.807) is 5.57 Å². The van der Waals surface area contributed by atoms with Gasteiger partial charge in [-0.2, -0.15) is 0 Å². The van der Waals surface area contributed by atoms with Gasteiger partial charge in [0.2, 0.25) is 0 Å². The van der Waals surface area contributed by atoms with Crippen molar-refractivity contribution in [3.63, 3.8) is 0 Å². The van der Waals surface area contributed by atoms with Crippen LogP contribution >= 0.6 is 0 Å². The number of fused-ring (bicyclic) bond motifs is 5. The molecule has 0 bridgehead atoms. The maximum Gasteiger partial charge on any atom is 0.338 e. The molecule has 0 heterocycles. The molecule has 3 heteroatoms. The summed E-state index contributed by atoms with van der Waals surface area (Å²) in [7, 11) is 0. The number of rotatable bonds is 6. The fourth-order valence-electron chi connectivity index (χ4n) is 9.07. The molecule has 0 saturated heterocycles. The second-order valence-electron chi connectivity index (χ2n) is 13.2. The zero-order valence-electron chi connectivity index (χ0n) is 23.7. The highest BCUT2D eigenvalue weighted by Gasteiger charge is 2.59. The quantitative estimate of drug-likeness (QED) is 0.223. The van der Waals surface area contributed by atoms with Crippen molar-refractivity contribution in [2.24, 2.45) is 45.4 Å². The van der Waals surface area contributed by atoms with Crippen LogP contribution in [0.2, 0.25) is 0 Å². The molecule has 3 fully saturated rings. The van der Waals surface area contributed by atoms with Crippen molar-refractivity contribution in [1.82, 2.24) is 0 Å². The minimum absolute atomic E-state index is 0.0155. The van der Waals surface area contributed by atoms with Crippen LogP contribution in [0.5, 0.6) is 0 Å². The third kappa shape index (κ3) is 5.00. The lowest BCUT2D eigenvalue weighted by Crippen LogP contribution is -2.51. The molecule has 37 heavy (non-hydrogen) atoms. The van der Waals surface area contributed by atoms with E-state index < -0.39 is 0 Å². The molecule has 1 aromatic rings. The minimum Gasteiger partial charge on any atom is -0.458 e. The molecule has 1 unspecified atom stereocenters. The van der Waals surface area contributed by atoms with E-state index in [2.05, 4.69) is 57.8 Å². The van der Waals surface area contributed by atoms with Crippen LogP contribution in [0.3, 0.4) is 0 Å². The molecular weight excluding hydrogens is 454 g/mol. The largest absolute Gasteiger partial charge is 0.458 e. The van der Waals surface area contributed by atoms with Crippen LogP contribution in [0.4, 0.5) is 0 Å². The Morgan fingerprint density at radius 2 is 1.86 bits per heavy atom. The SMILES string of the molecule is CC(C)=NC/C=C/[C@@H](C)[C@H]1CCC2[C@@H]3CC=C4C[C@@H](OC(=O)c5ccccc5)CC[C@]4(C)[C@H]3CC[C@@]21C. The Balaban J connectivity index is 1.26. The summed E-state index contributed by atoms with van der Waals surface area (Å²) in [5, 5.41) is 0. The van der Waals surface area contributed by atoms with Crippen molar-refractivity contribution in [3.05, 3.63) is 59.7 Å². The molecule has 3 nitrogen and oxygen atoms in total. The Morgan fingerprint density at radius 3 is 2.62 bits per heavy atom. The molecule has 4 aliphatic carbocycles. The van der Waals surface area contributed by atoms with Crippen LogP contribution in [0.1, 0.15) is 96.3 Å². The smallest absolute Gasteiger partial charge is 0.338 e. The second-order valence-corrected chi connectivity index (χ2v) is 13.2. The van der Waals surface area contributed by atoms with E-state index in [0.717, 1.165) is 55.2 Å². The summed E-state index contributed by atoms with van der Waals surface area (Å²) < 4.78 is 5.99. The number of carbonyl (C=O) groups excluding carboxylic acids is 1. The zero-order valence-corrected chi connectivity index (χ0v) is 23.7. The maximum absolute atomic E-state index is 12.7. The van der Waals surface area contributed by atoms with E-state index >= 15 is 0 Å². The Hall–Kier alpha value is -2.16. The summed E-state index contributed by atoms with van der Waals surface area (Å²) in [5.41, 5.74) is 4.13. The highest BCUT2D eigenvalue weighted by Crippen LogP contribution is 2.67. The number of allylic oxidation sites excluding steroid dienone is 2. The molecule has 0 N–H and O–H groups in total. The van der Waals surface area contributed by atoms with Crippen molar-refractivity contribution in [2.75, 3.05) is 6.54 Å². The Morgan fingerprint density at radius 1 is 1.08 bits per heavy atom. The van der Waals surface area contributed by atoms with Gasteiger partial charge in [0.25, 0.3) is 0 Å². The van der Waals surface area contributed by atoms with Gasteiger partial charge in [0, 0.05) is 12.1 Å². The fourth-order valence-corrected chi connectivity index (χ4v) is 9.07. The highest BCUT2D eigenvalue weighted by atomic mass is 16.5. The van der Waals surface area contributed by atoms with Gasteiger partial charge in [-0.15, -0.1) is 0 Å². The molecule has 4 aliphatic rings. The fraction of sp³-hybridized carbons (Fsp3) is 0.647. The van der Waals surface area contributed by atoms with Crippen molar-refractivity contribution in [2.45, 2.75) is 92.1 Å². The van der Waals surface area contributed by atoms with Gasteiger partial charge < -0.3 is 4.74 Å². The number of carbonyl (C=O) groups is 1. The number of esters is 1. The van der Waals surface area contributed by atoms with Gasteiger partial charge in [-0.3, -0.25) is 4.99 Å². The van der Waals surface area contributed by atoms with E-state index in [0.29, 0.717) is 16.9 Å². The van der Waals surface area contributed by atoms with Crippen molar-refractivity contribution in [1.29, 1.82) is 0 Å². The summed E-state index contributed by atoms with van der Waals surface area (Å²) in [6, 6.07) is 9.45. The molecule has 8 atom stereocenters. The first-order valence-electron chi connectivity index (χ1n) is 14.8. The zero-order chi connectivity index (χ0) is 26.2. The average molecular weight is 502 g/mol. The van der Waals surface area contributed by atoms with Crippen molar-refractivity contribution < 1.29 is 9.53 Å². The third-order valence-corrected chi connectivity index (χ3v) is 11.0. The normalized spacial score (nSPS) is 37.6. The molecular formula is C34H47NO2. The standard InChI is InChI=1S/C34H47NO2/c1-23(2)35-21-9-10-24(3)29-15-16-30-28-14-13-26-22-27(37-32(36)25-11-7-6-8-12-25)17-19-33(26,4)31(28)18-20-34(29,30)5/h6-13,24,27-31H,14-22H2,1-5H3/b10-9+/t24-,27+,28+,29-,30?,31+,33+,34-/m1/s1. The summed E-state index contributed by atoms with van der Waals surface area (Å²) in [5.74, 6) is 3.67. The number of aliphatic imine (C=N–C) groups is 1. The number of ether oxygens (including phenoxy) is 1. The van der Waals surface area contributed by atoms with Gasteiger partial charge in [-0.1, -0.05) is 62.8 Å². The van der Waals surface area contributed by atoms with Gasteiger partial charge in [0.1, 0.15) is 6.10 Å². The van der Waals surface area contributed by atoms with Crippen LogP contribution in [-0.4, -0.2) is 24.3 Å². The third-order valence-electron chi connectivity index (χ3n) is 11.0. The number of hydrogen-bond donors (Lipinski definition) is 0. The van der Waals surface area contributed by atoms with Gasteiger partial charge >= 0.3 is 5.97 Å². The summed E-state index contributed by atoms with van der Waals surface area (Å²) in [6.45, 7) is 12.6. The first kappa shape index (κ1) is 26.4. The summed E-state index contributed by atoms with van der Waals surface area (Å²) in [4.78, 5) is 17.2. The monoisotopic (exact) mass is 501 g/mol. The molecule has 3 saturated carbocycles. The molecule has 0 aliphatic heterocycles. The number of benzene rings is 1. The average Bonchev–Trinajstić information content (AvgIpc) is 3.24. The van der Waals surface area contributed by atoms with Crippen LogP contribution in [-0.2, 0) is 4.74 Å². The van der Waals surface area contributed by atoms with E-state index in [-0.39, 0.29) is 17.5 Å². The second kappa shape index (κ2) is 10.5. The summed E-state index contributed by atoms with van der Waals surface area (Å²) in [6.07, 6.45) is 17.1. The first-order chi connectivity index (χ1) is 17.7. The van der Waals surface area contributed by atoms with E-state index in [1.165, 1.54) is 32.1 Å². The van der Waals surface area contributed by atoms with Crippen LogP contribution in [0, 0.1) is 40.4 Å². The Kier molecular flexibility index (Phi) is 7.53. The molecule has 5 rings (SSSR count). The minimum atomic E-state index is -0.172. The molecule has 0 amide bonds. The molecule has 1 aromatic carbocycles. The van der Waals surface area contributed by atoms with Gasteiger partial charge in [0.15, 0.2) is 0 Å². The van der Waals surface area contributed by atoms with Crippen LogP contribution in [0.15, 0.2) is 59.1 Å². The lowest BCUT2D eigenvalue weighted by Gasteiger charge is -2.58. The van der Waals surface area contributed by atoms with Gasteiger partial charge in [-0.25, -0.2) is 4.79 Å². The number of hydrogen-bond acceptors (Lipinski definition) is 3. The maximum atomic E-state index is 12.7. The summed E-state index contributed by atoms with van der Waals surface area (Å²) >= 11 is 0. The van der Waals surface area contributed by atoms with E-state index in [1.807, 2.05) is 30.3 Å². The van der Waals surface area contributed by atoms with Crippen LogP contribution < -0.4 is 0 Å². The Bertz CT molecular complexity index is 1070. The molecule has 0 aromatic heterocycles. The topological polar surface area (TPSA) is 38.7 Å². The lowest BCUT2D eigenvalue weighted by molar-refractivity contribution is -0.0565. The first-order valence-corrected chi connectivity index (χ1v) is 14.8. The van der Waals surface area contributed by atoms with Crippen molar-refractivity contribution in [3.8, 4) is 0 Å². The number of nitrogens with zero attached hydrogens (tertiary/aromatic N) is 1. The predicted molar refractivity (Wildman–Crippen MR) is 153 cm³/mol.